The second-order valence-corrected chi connectivity index (χ2v) is 5.33. The Hall–Kier alpha value is -3.00. The van der Waals surface area contributed by atoms with Gasteiger partial charge in [-0.3, -0.25) is 25.0 Å². The highest BCUT2D eigenvalue weighted by Gasteiger charge is 2.27. The van der Waals surface area contributed by atoms with Crippen molar-refractivity contribution in [1.29, 1.82) is 0 Å². The molecule has 0 saturated heterocycles. The summed E-state index contributed by atoms with van der Waals surface area (Å²) in [4.78, 5) is 32.5. The number of nitrogens with zero attached hydrogens (tertiary/aromatic N) is 2. The lowest BCUT2D eigenvalue weighted by molar-refractivity contribution is -0.393. The number of halogens is 1. The Morgan fingerprint density at radius 3 is 2.04 bits per heavy atom. The number of amides is 1. The van der Waals surface area contributed by atoms with E-state index in [1.807, 2.05) is 6.07 Å². The average molecular weight is 350 g/mol. The summed E-state index contributed by atoms with van der Waals surface area (Å²) in [5, 5.41) is 24.0. The Labute approximate surface area is 141 Å². The van der Waals surface area contributed by atoms with E-state index >= 15 is 0 Å². The summed E-state index contributed by atoms with van der Waals surface area (Å²) < 4.78 is 0. The lowest BCUT2D eigenvalue weighted by Gasteiger charge is -2.14. The van der Waals surface area contributed by atoms with Gasteiger partial charge in [-0.1, -0.05) is 41.9 Å². The maximum absolute atomic E-state index is 12.3. The largest absolute Gasteiger partial charge is 0.346 e. The third-order valence-corrected chi connectivity index (χ3v) is 3.72. The maximum Gasteiger partial charge on any atom is 0.295 e. The van der Waals surface area contributed by atoms with Crippen LogP contribution in [0.15, 0.2) is 42.5 Å². The summed E-state index contributed by atoms with van der Waals surface area (Å²) in [6.07, 6.45) is 0. The fraction of sp³-hybridized carbons (Fsp3) is 0.133. The topological polar surface area (TPSA) is 115 Å². The van der Waals surface area contributed by atoms with Gasteiger partial charge in [-0.25, -0.2) is 0 Å². The first-order chi connectivity index (χ1) is 11.3. The highest BCUT2D eigenvalue weighted by atomic mass is 35.5. The number of benzene rings is 2. The van der Waals surface area contributed by atoms with Crippen molar-refractivity contribution in [3.05, 3.63) is 78.8 Å². The number of rotatable bonds is 5. The zero-order valence-corrected chi connectivity index (χ0v) is 13.2. The Balaban J connectivity index is 2.35. The molecule has 24 heavy (non-hydrogen) atoms. The van der Waals surface area contributed by atoms with Crippen molar-refractivity contribution in [1.82, 2.24) is 5.32 Å². The van der Waals surface area contributed by atoms with E-state index in [0.29, 0.717) is 0 Å². The third kappa shape index (κ3) is 3.66. The van der Waals surface area contributed by atoms with Gasteiger partial charge in [-0.15, -0.1) is 0 Å². The number of carbonyl (C=O) groups is 1. The van der Waals surface area contributed by atoms with Gasteiger partial charge in [0.05, 0.1) is 21.5 Å². The molecule has 0 aliphatic rings. The van der Waals surface area contributed by atoms with Crippen molar-refractivity contribution in [2.24, 2.45) is 0 Å². The van der Waals surface area contributed by atoms with Crippen LogP contribution in [0.2, 0.25) is 5.02 Å². The molecule has 0 heterocycles. The van der Waals surface area contributed by atoms with Crippen molar-refractivity contribution in [3.8, 4) is 0 Å². The molecule has 0 aromatic heterocycles. The van der Waals surface area contributed by atoms with Crippen LogP contribution in [0.3, 0.4) is 0 Å². The third-order valence-electron chi connectivity index (χ3n) is 3.34. The highest BCUT2D eigenvalue weighted by Crippen LogP contribution is 2.35. The Bertz CT molecular complexity index is 775. The van der Waals surface area contributed by atoms with Crippen molar-refractivity contribution < 1.29 is 14.6 Å². The number of hydrogen-bond donors (Lipinski definition) is 1. The molecule has 1 amide bonds. The number of nitrogens with one attached hydrogen (secondary N) is 1. The molecular weight excluding hydrogens is 338 g/mol. The van der Waals surface area contributed by atoms with E-state index in [0.717, 1.165) is 17.7 Å². The minimum Gasteiger partial charge on any atom is -0.346 e. The van der Waals surface area contributed by atoms with Crippen molar-refractivity contribution in [2.45, 2.75) is 13.0 Å². The van der Waals surface area contributed by atoms with Gasteiger partial charge in [0, 0.05) is 12.1 Å². The molecule has 8 nitrogen and oxygen atoms in total. The first-order valence-corrected chi connectivity index (χ1v) is 7.17. The first-order valence-electron chi connectivity index (χ1n) is 6.79. The molecule has 0 unspecified atom stereocenters. The molecule has 9 heteroatoms. The molecule has 0 saturated carbocycles. The Morgan fingerprint density at radius 1 is 1.08 bits per heavy atom. The van der Waals surface area contributed by atoms with Crippen LogP contribution in [0.1, 0.15) is 28.9 Å². The van der Waals surface area contributed by atoms with Gasteiger partial charge in [0.2, 0.25) is 0 Å². The standard InChI is InChI=1S/C15H12ClN3O5/c1-9(10-5-3-2-4-6-10)17-15(20)11-7-12(18(21)22)14(16)13(8-11)19(23)24/h2-9H,1H3,(H,17,20)/t9-/m1/s1. The number of nitro groups is 2. The van der Waals surface area contributed by atoms with E-state index in [2.05, 4.69) is 5.32 Å². The number of nitro benzene ring substituents is 2. The minimum atomic E-state index is -0.868. The predicted octanol–water partition coefficient (Wildman–Crippen LogP) is 3.65. The molecule has 0 aliphatic heterocycles. The SMILES string of the molecule is C[C@@H](NC(=O)c1cc([N+](=O)[O-])c(Cl)c([N+](=O)[O-])c1)c1ccccc1. The predicted molar refractivity (Wildman–Crippen MR) is 87.1 cm³/mol. The summed E-state index contributed by atoms with van der Waals surface area (Å²) in [5.41, 5.74) is -0.767. The molecule has 0 spiro atoms. The molecule has 2 rings (SSSR count). The van der Waals surface area contributed by atoms with E-state index < -0.39 is 32.2 Å². The second kappa shape index (κ2) is 7.05. The van der Waals surface area contributed by atoms with Crippen LogP contribution in [0, 0.1) is 20.2 Å². The van der Waals surface area contributed by atoms with Gasteiger partial charge in [-0.2, -0.15) is 0 Å². The van der Waals surface area contributed by atoms with Crippen LogP contribution in [0.5, 0.6) is 0 Å². The molecule has 0 bridgehead atoms. The summed E-state index contributed by atoms with van der Waals surface area (Å²) in [6, 6.07) is 10.5. The van der Waals surface area contributed by atoms with Gasteiger partial charge in [0.15, 0.2) is 5.02 Å². The molecular formula is C15H12ClN3O5. The van der Waals surface area contributed by atoms with E-state index in [1.165, 1.54) is 0 Å². The highest BCUT2D eigenvalue weighted by molar-refractivity contribution is 6.35. The molecule has 0 fully saturated rings. The summed E-state index contributed by atoms with van der Waals surface area (Å²) >= 11 is 5.66. The van der Waals surface area contributed by atoms with Crippen molar-refractivity contribution in [3.63, 3.8) is 0 Å². The quantitative estimate of drug-likeness (QED) is 0.653. The minimum absolute atomic E-state index is 0.208. The van der Waals surface area contributed by atoms with Crippen LogP contribution in [0.4, 0.5) is 11.4 Å². The van der Waals surface area contributed by atoms with Crippen LogP contribution in [-0.2, 0) is 0 Å². The van der Waals surface area contributed by atoms with Gasteiger partial charge in [0.25, 0.3) is 17.3 Å². The molecule has 0 aliphatic carbocycles. The van der Waals surface area contributed by atoms with E-state index in [-0.39, 0.29) is 11.6 Å². The van der Waals surface area contributed by atoms with E-state index in [4.69, 9.17) is 11.6 Å². The van der Waals surface area contributed by atoms with Gasteiger partial charge in [0.1, 0.15) is 0 Å². The molecule has 1 atom stereocenters. The Kier molecular flexibility index (Phi) is 5.10. The van der Waals surface area contributed by atoms with Crippen molar-refractivity contribution in [2.75, 3.05) is 0 Å². The molecule has 0 radical (unpaired) electrons. The van der Waals surface area contributed by atoms with E-state index in [1.54, 1.807) is 31.2 Å². The molecule has 2 aromatic rings. The Morgan fingerprint density at radius 2 is 1.58 bits per heavy atom. The number of carbonyl (C=O) groups excluding carboxylic acids is 1. The smallest absolute Gasteiger partial charge is 0.295 e. The van der Waals surface area contributed by atoms with Crippen LogP contribution in [-0.4, -0.2) is 15.8 Å². The van der Waals surface area contributed by atoms with Crippen molar-refractivity contribution >= 4 is 28.9 Å². The molecule has 2 aromatic carbocycles. The van der Waals surface area contributed by atoms with Crippen LogP contribution < -0.4 is 5.32 Å². The molecule has 1 N–H and O–H groups in total. The first kappa shape index (κ1) is 17.4. The van der Waals surface area contributed by atoms with Crippen LogP contribution in [0.25, 0.3) is 0 Å². The zero-order chi connectivity index (χ0) is 17.9. The summed E-state index contributed by atoms with van der Waals surface area (Å²) in [7, 11) is 0. The maximum atomic E-state index is 12.3. The fourth-order valence-corrected chi connectivity index (χ4v) is 2.34. The molecule has 124 valence electrons. The monoisotopic (exact) mass is 349 g/mol. The summed E-state index contributed by atoms with van der Waals surface area (Å²) in [6.45, 7) is 1.73. The van der Waals surface area contributed by atoms with Gasteiger partial charge < -0.3 is 5.32 Å². The lowest BCUT2D eigenvalue weighted by atomic mass is 10.1. The zero-order valence-electron chi connectivity index (χ0n) is 12.4. The normalized spacial score (nSPS) is 11.6. The van der Waals surface area contributed by atoms with E-state index in [9.17, 15) is 25.0 Å². The van der Waals surface area contributed by atoms with Crippen LogP contribution >= 0.6 is 11.6 Å². The summed E-state index contributed by atoms with van der Waals surface area (Å²) in [5.74, 6) is -0.672. The van der Waals surface area contributed by atoms with Gasteiger partial charge in [-0.05, 0) is 12.5 Å². The van der Waals surface area contributed by atoms with Gasteiger partial charge >= 0.3 is 0 Å². The second-order valence-electron chi connectivity index (χ2n) is 4.95. The lowest BCUT2D eigenvalue weighted by Crippen LogP contribution is -2.26. The number of hydrogen-bond acceptors (Lipinski definition) is 5. The average Bonchev–Trinajstić information content (AvgIpc) is 2.55. The fourth-order valence-electron chi connectivity index (χ4n) is 2.10.